The quantitative estimate of drug-likeness (QED) is 0.861. The summed E-state index contributed by atoms with van der Waals surface area (Å²) in [4.78, 5) is 30.0. The summed E-state index contributed by atoms with van der Waals surface area (Å²) < 4.78 is 7.55. The number of aryl methyl sites for hydroxylation is 1. The van der Waals surface area contributed by atoms with E-state index in [-0.39, 0.29) is 35.2 Å². The molecule has 1 spiro atoms. The Labute approximate surface area is 141 Å². The van der Waals surface area contributed by atoms with Crippen molar-refractivity contribution in [3.8, 4) is 0 Å². The van der Waals surface area contributed by atoms with Crippen LogP contribution in [0.1, 0.15) is 43.7 Å². The molecule has 3 rings (SSSR count). The molecule has 2 aliphatic rings. The molecular formula is C16H25N5O3. The monoisotopic (exact) mass is 335 g/mol. The van der Waals surface area contributed by atoms with E-state index in [0.717, 1.165) is 19.3 Å². The van der Waals surface area contributed by atoms with Crippen molar-refractivity contribution in [2.24, 2.45) is 13.0 Å². The normalized spacial score (nSPS) is 23.0. The van der Waals surface area contributed by atoms with Gasteiger partial charge in [0.05, 0.1) is 18.2 Å². The molecule has 0 bridgehead atoms. The smallest absolute Gasteiger partial charge is 0.293 e. The van der Waals surface area contributed by atoms with E-state index < -0.39 is 0 Å². The Balaban J connectivity index is 1.53. The first kappa shape index (κ1) is 16.9. The average Bonchev–Trinajstić information content (AvgIpc) is 3.14. The molecule has 0 radical (unpaired) electrons. The molecule has 1 aromatic heterocycles. The molecule has 24 heavy (non-hydrogen) atoms. The zero-order valence-corrected chi connectivity index (χ0v) is 14.5. The van der Waals surface area contributed by atoms with Gasteiger partial charge in [0.1, 0.15) is 6.33 Å². The lowest BCUT2D eigenvalue weighted by molar-refractivity contribution is -0.124. The van der Waals surface area contributed by atoms with Crippen molar-refractivity contribution in [3.05, 3.63) is 12.2 Å². The molecular weight excluding hydrogens is 310 g/mol. The number of nitrogens with zero attached hydrogens (tertiary/aromatic N) is 4. The molecule has 2 aliphatic heterocycles. The maximum Gasteiger partial charge on any atom is 0.293 e. The first-order valence-corrected chi connectivity index (χ1v) is 8.48. The van der Waals surface area contributed by atoms with Gasteiger partial charge in [0.2, 0.25) is 11.7 Å². The van der Waals surface area contributed by atoms with E-state index in [1.165, 1.54) is 11.0 Å². The molecule has 132 valence electrons. The summed E-state index contributed by atoms with van der Waals surface area (Å²) in [5.41, 5.74) is -0.219. The van der Waals surface area contributed by atoms with Crippen LogP contribution in [0, 0.1) is 5.92 Å². The summed E-state index contributed by atoms with van der Waals surface area (Å²) in [6.07, 6.45) is 3.90. The van der Waals surface area contributed by atoms with Gasteiger partial charge in [0, 0.05) is 26.1 Å². The summed E-state index contributed by atoms with van der Waals surface area (Å²) in [7, 11) is 1.74. The van der Waals surface area contributed by atoms with Gasteiger partial charge in [-0.1, -0.05) is 13.8 Å². The number of piperidine rings is 1. The van der Waals surface area contributed by atoms with E-state index >= 15 is 0 Å². The van der Waals surface area contributed by atoms with Gasteiger partial charge in [-0.3, -0.25) is 14.3 Å². The highest BCUT2D eigenvalue weighted by molar-refractivity contribution is 5.90. The van der Waals surface area contributed by atoms with Crippen LogP contribution in [0.4, 0.5) is 0 Å². The Kier molecular flexibility index (Phi) is 4.58. The van der Waals surface area contributed by atoms with Crippen molar-refractivity contribution in [2.45, 2.75) is 44.8 Å². The van der Waals surface area contributed by atoms with Gasteiger partial charge in [0.15, 0.2) is 0 Å². The molecule has 8 heteroatoms. The van der Waals surface area contributed by atoms with Crippen molar-refractivity contribution in [1.29, 1.82) is 0 Å². The molecule has 0 aromatic carbocycles. The van der Waals surface area contributed by atoms with Crippen molar-refractivity contribution < 1.29 is 14.3 Å². The van der Waals surface area contributed by atoms with Crippen molar-refractivity contribution in [1.82, 2.24) is 25.0 Å². The van der Waals surface area contributed by atoms with Gasteiger partial charge < -0.3 is 15.0 Å². The molecule has 0 saturated carbocycles. The van der Waals surface area contributed by atoms with E-state index in [4.69, 9.17) is 4.74 Å². The van der Waals surface area contributed by atoms with Crippen LogP contribution < -0.4 is 5.32 Å². The number of ether oxygens (including phenoxy) is 1. The second-order valence-corrected chi connectivity index (χ2v) is 7.09. The van der Waals surface area contributed by atoms with Crippen LogP contribution in [0.3, 0.4) is 0 Å². The third kappa shape index (κ3) is 3.43. The Hall–Kier alpha value is -1.96. The summed E-state index contributed by atoms with van der Waals surface area (Å²) in [5.74, 6) is 0.150. The number of carbonyl (C=O) groups is 2. The maximum absolute atomic E-state index is 12.4. The van der Waals surface area contributed by atoms with Gasteiger partial charge in [-0.05, 0) is 19.3 Å². The summed E-state index contributed by atoms with van der Waals surface area (Å²) in [5, 5.41) is 7.12. The SMILES string of the molecule is CC(C)C(=O)NC1COC2(CCN(C(=O)c3ncn(C)n3)CC2)C1. The average molecular weight is 335 g/mol. The number of aromatic nitrogens is 3. The Morgan fingerprint density at radius 2 is 2.08 bits per heavy atom. The lowest BCUT2D eigenvalue weighted by atomic mass is 9.87. The van der Waals surface area contributed by atoms with Gasteiger partial charge in [-0.2, -0.15) is 0 Å². The number of hydrogen-bond donors (Lipinski definition) is 1. The zero-order chi connectivity index (χ0) is 17.3. The number of nitrogens with one attached hydrogen (secondary N) is 1. The van der Waals surface area contributed by atoms with E-state index in [1.54, 1.807) is 11.9 Å². The molecule has 1 unspecified atom stereocenters. The lowest BCUT2D eigenvalue weighted by Crippen LogP contribution is -2.47. The molecule has 3 heterocycles. The van der Waals surface area contributed by atoms with Gasteiger partial charge in [-0.25, -0.2) is 4.98 Å². The van der Waals surface area contributed by atoms with Crippen molar-refractivity contribution in [3.63, 3.8) is 0 Å². The highest BCUT2D eigenvalue weighted by Gasteiger charge is 2.44. The third-order valence-corrected chi connectivity index (χ3v) is 4.83. The fourth-order valence-corrected chi connectivity index (χ4v) is 3.35. The molecule has 2 fully saturated rings. The van der Waals surface area contributed by atoms with Crippen molar-refractivity contribution in [2.75, 3.05) is 19.7 Å². The van der Waals surface area contributed by atoms with E-state index in [2.05, 4.69) is 15.4 Å². The number of amides is 2. The molecule has 8 nitrogen and oxygen atoms in total. The van der Waals surface area contributed by atoms with Crippen LogP contribution >= 0.6 is 0 Å². The highest BCUT2D eigenvalue weighted by atomic mass is 16.5. The molecule has 0 aliphatic carbocycles. The number of likely N-dealkylation sites (tertiary alicyclic amines) is 1. The van der Waals surface area contributed by atoms with Crippen LogP contribution in [0.2, 0.25) is 0 Å². The minimum Gasteiger partial charge on any atom is -0.373 e. The molecule has 2 amide bonds. The van der Waals surface area contributed by atoms with Crippen LogP contribution in [0.5, 0.6) is 0 Å². The van der Waals surface area contributed by atoms with Crippen LogP contribution in [0.25, 0.3) is 0 Å². The number of rotatable bonds is 3. The Morgan fingerprint density at radius 1 is 1.38 bits per heavy atom. The number of hydrogen-bond acceptors (Lipinski definition) is 5. The Bertz CT molecular complexity index is 619. The van der Waals surface area contributed by atoms with E-state index in [9.17, 15) is 9.59 Å². The standard InChI is InChI=1S/C16H25N5O3/c1-11(2)14(22)18-12-8-16(24-9-12)4-6-21(7-5-16)15(23)13-17-10-20(3)19-13/h10-12H,4-9H2,1-3H3,(H,18,22). The fourth-order valence-electron chi connectivity index (χ4n) is 3.35. The highest BCUT2D eigenvalue weighted by Crippen LogP contribution is 2.36. The molecule has 2 saturated heterocycles. The molecule has 1 aromatic rings. The van der Waals surface area contributed by atoms with E-state index in [0.29, 0.717) is 19.7 Å². The fraction of sp³-hybridized carbons (Fsp3) is 0.750. The van der Waals surface area contributed by atoms with Crippen molar-refractivity contribution >= 4 is 11.8 Å². The molecule has 1 N–H and O–H groups in total. The van der Waals surface area contributed by atoms with Gasteiger partial charge >= 0.3 is 0 Å². The third-order valence-electron chi connectivity index (χ3n) is 4.83. The predicted molar refractivity (Wildman–Crippen MR) is 86.2 cm³/mol. The molecule has 1 atom stereocenters. The first-order valence-electron chi connectivity index (χ1n) is 8.48. The van der Waals surface area contributed by atoms with Gasteiger partial charge in [-0.15, -0.1) is 5.10 Å². The minimum atomic E-state index is -0.219. The lowest BCUT2D eigenvalue weighted by Gasteiger charge is -2.38. The predicted octanol–water partition coefficient (Wildman–Crippen LogP) is 0.351. The minimum absolute atomic E-state index is 0.0214. The summed E-state index contributed by atoms with van der Waals surface area (Å²) >= 11 is 0. The summed E-state index contributed by atoms with van der Waals surface area (Å²) in [6, 6.07) is 0.0691. The van der Waals surface area contributed by atoms with Crippen LogP contribution in [-0.4, -0.2) is 62.8 Å². The van der Waals surface area contributed by atoms with Crippen LogP contribution in [0.15, 0.2) is 6.33 Å². The summed E-state index contributed by atoms with van der Waals surface area (Å²) in [6.45, 7) is 5.57. The van der Waals surface area contributed by atoms with Gasteiger partial charge in [0.25, 0.3) is 5.91 Å². The number of carbonyl (C=O) groups excluding carboxylic acids is 2. The Morgan fingerprint density at radius 3 is 2.67 bits per heavy atom. The van der Waals surface area contributed by atoms with E-state index in [1.807, 2.05) is 13.8 Å². The topological polar surface area (TPSA) is 89.4 Å². The first-order chi connectivity index (χ1) is 11.4. The second kappa shape index (κ2) is 6.51. The maximum atomic E-state index is 12.4. The largest absolute Gasteiger partial charge is 0.373 e. The zero-order valence-electron chi connectivity index (χ0n) is 14.5. The second-order valence-electron chi connectivity index (χ2n) is 7.09. The van der Waals surface area contributed by atoms with Crippen LogP contribution in [-0.2, 0) is 16.6 Å².